The molecule has 0 bridgehead atoms. The number of benzene rings is 2. The number of carbonyl (C=O) groups is 2. The van der Waals surface area contributed by atoms with Crippen molar-refractivity contribution in [2.45, 2.75) is 11.8 Å². The maximum absolute atomic E-state index is 13.8. The fourth-order valence-corrected chi connectivity index (χ4v) is 1.85. The molecule has 2 amide bonds. The van der Waals surface area contributed by atoms with Crippen molar-refractivity contribution in [3.05, 3.63) is 59.7 Å². The van der Waals surface area contributed by atoms with Crippen LogP contribution in [0.4, 0.5) is 46.5 Å². The molecule has 150 valence electrons. The van der Waals surface area contributed by atoms with Crippen molar-refractivity contribution in [1.82, 2.24) is 0 Å². The van der Waals surface area contributed by atoms with Crippen LogP contribution in [-0.2, 0) is 9.59 Å². The van der Waals surface area contributed by atoms with Crippen molar-refractivity contribution >= 4 is 23.2 Å². The zero-order valence-corrected chi connectivity index (χ0v) is 13.3. The molecule has 0 unspecified atom stereocenters. The Bertz CT molecular complexity index is 857. The lowest BCUT2D eigenvalue weighted by Crippen LogP contribution is -2.56. The summed E-state index contributed by atoms with van der Waals surface area (Å²) < 4.78 is 107. The molecule has 0 radical (unpaired) electrons. The molecule has 0 spiro atoms. The van der Waals surface area contributed by atoms with Gasteiger partial charge in [-0.2, -0.15) is 17.6 Å². The summed E-state index contributed by atoms with van der Waals surface area (Å²) in [6.45, 7) is 0. The standard InChI is InChI=1S/C16H8F8N2O2/c17-9-3-1-7(5-11(9)19)25-13(27)15(21,22)16(23,24)14(28)26-8-2-4-10(18)12(20)6-8/h1-6H,(H,25,27)(H,26,28). The van der Waals surface area contributed by atoms with Gasteiger partial charge in [0.05, 0.1) is 0 Å². The molecule has 2 N–H and O–H groups in total. The highest BCUT2D eigenvalue weighted by Crippen LogP contribution is 2.36. The van der Waals surface area contributed by atoms with Gasteiger partial charge in [-0.25, -0.2) is 17.6 Å². The minimum atomic E-state index is -5.64. The molecule has 2 rings (SSSR count). The number of rotatable bonds is 5. The number of nitrogens with one attached hydrogen (secondary N) is 2. The Morgan fingerprint density at radius 2 is 0.929 bits per heavy atom. The summed E-state index contributed by atoms with van der Waals surface area (Å²) in [5, 5.41) is 2.45. The number of halogens is 8. The monoisotopic (exact) mass is 412 g/mol. The van der Waals surface area contributed by atoms with Crippen molar-refractivity contribution in [1.29, 1.82) is 0 Å². The average Bonchev–Trinajstić information content (AvgIpc) is 2.61. The molecule has 4 nitrogen and oxygen atoms in total. The van der Waals surface area contributed by atoms with Gasteiger partial charge in [-0.05, 0) is 24.3 Å². The highest BCUT2D eigenvalue weighted by atomic mass is 19.3. The van der Waals surface area contributed by atoms with Gasteiger partial charge in [0, 0.05) is 23.5 Å². The van der Waals surface area contributed by atoms with Crippen molar-refractivity contribution in [2.75, 3.05) is 10.6 Å². The minimum absolute atomic E-state index is 0.253. The number of hydrogen-bond donors (Lipinski definition) is 2. The van der Waals surface area contributed by atoms with Crippen molar-refractivity contribution < 1.29 is 44.7 Å². The predicted octanol–water partition coefficient (Wildman–Crippen LogP) is 4.09. The molecule has 0 aromatic heterocycles. The second kappa shape index (κ2) is 7.44. The number of anilines is 2. The van der Waals surface area contributed by atoms with E-state index in [0.29, 0.717) is 24.3 Å². The minimum Gasteiger partial charge on any atom is -0.321 e. The molecule has 0 atom stereocenters. The van der Waals surface area contributed by atoms with Crippen LogP contribution in [-0.4, -0.2) is 23.7 Å². The van der Waals surface area contributed by atoms with Crippen molar-refractivity contribution in [2.24, 2.45) is 0 Å². The van der Waals surface area contributed by atoms with Crippen molar-refractivity contribution in [3.8, 4) is 0 Å². The second-order valence-electron chi connectivity index (χ2n) is 5.31. The Morgan fingerprint density at radius 1 is 0.607 bits per heavy atom. The van der Waals surface area contributed by atoms with Crippen LogP contribution < -0.4 is 10.6 Å². The first-order chi connectivity index (χ1) is 12.9. The van der Waals surface area contributed by atoms with Gasteiger partial charge >= 0.3 is 23.7 Å². The number of alkyl halides is 4. The fourth-order valence-electron chi connectivity index (χ4n) is 1.85. The molecule has 2 aromatic rings. The van der Waals surface area contributed by atoms with Gasteiger partial charge in [0.2, 0.25) is 0 Å². The first-order valence-corrected chi connectivity index (χ1v) is 7.15. The van der Waals surface area contributed by atoms with Gasteiger partial charge in [0.1, 0.15) is 0 Å². The topological polar surface area (TPSA) is 58.2 Å². The lowest BCUT2D eigenvalue weighted by Gasteiger charge is -2.24. The molecule has 0 aliphatic rings. The third kappa shape index (κ3) is 4.05. The Hall–Kier alpha value is -3.18. The van der Waals surface area contributed by atoms with Gasteiger partial charge in [0.25, 0.3) is 0 Å². The largest absolute Gasteiger partial charge is 0.396 e. The summed E-state index contributed by atoms with van der Waals surface area (Å²) in [5.74, 6) is -22.5. The van der Waals surface area contributed by atoms with Gasteiger partial charge in [0.15, 0.2) is 23.3 Å². The molecule has 0 heterocycles. The van der Waals surface area contributed by atoms with E-state index in [0.717, 1.165) is 0 Å². The molecule has 28 heavy (non-hydrogen) atoms. The van der Waals surface area contributed by atoms with E-state index in [1.807, 2.05) is 0 Å². The van der Waals surface area contributed by atoms with Crippen LogP contribution in [0, 0.1) is 23.3 Å². The van der Waals surface area contributed by atoms with Gasteiger partial charge in [-0.3, -0.25) is 9.59 Å². The lowest BCUT2D eigenvalue weighted by atomic mass is 10.1. The highest BCUT2D eigenvalue weighted by Gasteiger charge is 2.67. The molecule has 0 saturated heterocycles. The van der Waals surface area contributed by atoms with Crippen LogP contribution in [0.2, 0.25) is 0 Å². The number of amides is 2. The summed E-state index contributed by atoms with van der Waals surface area (Å²) in [5.41, 5.74) is -1.55. The van der Waals surface area contributed by atoms with Crippen LogP contribution in [0.25, 0.3) is 0 Å². The van der Waals surface area contributed by atoms with E-state index in [9.17, 15) is 44.7 Å². The number of carbonyl (C=O) groups excluding carboxylic acids is 2. The molecule has 0 fully saturated rings. The van der Waals surface area contributed by atoms with Gasteiger partial charge in [-0.1, -0.05) is 0 Å². The van der Waals surface area contributed by atoms with Crippen LogP contribution in [0.3, 0.4) is 0 Å². The van der Waals surface area contributed by atoms with Crippen LogP contribution in [0.1, 0.15) is 0 Å². The third-order valence-corrected chi connectivity index (χ3v) is 3.32. The molecule has 0 aliphatic carbocycles. The predicted molar refractivity (Wildman–Crippen MR) is 79.9 cm³/mol. The van der Waals surface area contributed by atoms with Crippen LogP contribution in [0.15, 0.2) is 36.4 Å². The van der Waals surface area contributed by atoms with E-state index in [1.165, 1.54) is 10.6 Å². The molecule has 12 heteroatoms. The third-order valence-electron chi connectivity index (χ3n) is 3.32. The fraction of sp³-hybridized carbons (Fsp3) is 0.125. The Morgan fingerprint density at radius 3 is 1.21 bits per heavy atom. The maximum Gasteiger partial charge on any atom is 0.396 e. The zero-order valence-electron chi connectivity index (χ0n) is 13.3. The highest BCUT2D eigenvalue weighted by molar-refractivity contribution is 6.05. The Balaban J connectivity index is 2.20. The normalized spacial score (nSPS) is 11.9. The summed E-state index contributed by atoms with van der Waals surface area (Å²) in [7, 11) is 0. The molecular weight excluding hydrogens is 404 g/mol. The zero-order chi connectivity index (χ0) is 21.3. The number of hydrogen-bond acceptors (Lipinski definition) is 2. The van der Waals surface area contributed by atoms with E-state index in [1.54, 1.807) is 0 Å². The van der Waals surface area contributed by atoms with E-state index in [2.05, 4.69) is 0 Å². The summed E-state index contributed by atoms with van der Waals surface area (Å²) >= 11 is 0. The first-order valence-electron chi connectivity index (χ1n) is 7.15. The van der Waals surface area contributed by atoms with Gasteiger partial charge < -0.3 is 10.6 Å². The molecule has 0 aliphatic heterocycles. The summed E-state index contributed by atoms with van der Waals surface area (Å²) in [4.78, 5) is 23.0. The Kier molecular flexibility index (Phi) is 5.62. The first kappa shape index (κ1) is 21.1. The smallest absolute Gasteiger partial charge is 0.321 e. The lowest BCUT2D eigenvalue weighted by molar-refractivity contribution is -0.204. The Labute approximate surface area is 151 Å². The maximum atomic E-state index is 13.8. The summed E-state index contributed by atoms with van der Waals surface area (Å²) in [6, 6.07) is 2.62. The van der Waals surface area contributed by atoms with Crippen LogP contribution >= 0.6 is 0 Å². The SMILES string of the molecule is O=C(Nc1ccc(F)c(F)c1)C(F)(F)C(F)(F)C(=O)Nc1ccc(F)c(F)c1. The van der Waals surface area contributed by atoms with Gasteiger partial charge in [-0.15, -0.1) is 0 Å². The average molecular weight is 412 g/mol. The molecule has 0 saturated carbocycles. The van der Waals surface area contributed by atoms with E-state index < -0.39 is 58.3 Å². The second-order valence-corrected chi connectivity index (χ2v) is 5.31. The van der Waals surface area contributed by atoms with Crippen molar-refractivity contribution in [3.63, 3.8) is 0 Å². The molecular formula is C16H8F8N2O2. The van der Waals surface area contributed by atoms with E-state index in [4.69, 9.17) is 0 Å². The van der Waals surface area contributed by atoms with Crippen LogP contribution in [0.5, 0.6) is 0 Å². The summed E-state index contributed by atoms with van der Waals surface area (Å²) in [6.07, 6.45) is 0. The van der Waals surface area contributed by atoms with E-state index in [-0.39, 0.29) is 12.1 Å². The van der Waals surface area contributed by atoms with E-state index >= 15 is 0 Å². The quantitative estimate of drug-likeness (QED) is 0.727. The molecule has 2 aromatic carbocycles.